The normalized spacial score (nSPS) is 10.7. The minimum absolute atomic E-state index is 0.230. The predicted octanol–water partition coefficient (Wildman–Crippen LogP) is 5.67. The second kappa shape index (κ2) is 11.9. The summed E-state index contributed by atoms with van der Waals surface area (Å²) >= 11 is 0. The van der Waals surface area contributed by atoms with Gasteiger partial charge < -0.3 is 10.1 Å². The van der Waals surface area contributed by atoms with Crippen molar-refractivity contribution in [1.29, 1.82) is 0 Å². The molecule has 0 fully saturated rings. The van der Waals surface area contributed by atoms with Gasteiger partial charge in [-0.1, -0.05) is 86.1 Å². The fourth-order valence-electron chi connectivity index (χ4n) is 3.78. The van der Waals surface area contributed by atoms with Crippen molar-refractivity contribution in [3.8, 4) is 22.5 Å². The molecule has 3 aromatic carbocycles. The average molecular weight is 486 g/mol. The maximum Gasteiger partial charge on any atom is 0.326 e. The second-order valence-electron chi connectivity index (χ2n) is 8.36. The maximum absolute atomic E-state index is 14.1. The zero-order chi connectivity index (χ0) is 25.3. The van der Waals surface area contributed by atoms with Crippen LogP contribution in [0.1, 0.15) is 25.3 Å². The van der Waals surface area contributed by atoms with Crippen molar-refractivity contribution in [1.82, 2.24) is 9.55 Å². The van der Waals surface area contributed by atoms with Gasteiger partial charge in [-0.15, -0.1) is 0 Å². The number of aromatic nitrogens is 2. The topological polar surface area (TPSA) is 73.2 Å². The van der Waals surface area contributed by atoms with Gasteiger partial charge in [0.15, 0.2) is 0 Å². The summed E-state index contributed by atoms with van der Waals surface area (Å²) in [6, 6.07) is 23.3. The summed E-state index contributed by atoms with van der Waals surface area (Å²) in [4.78, 5) is 30.3. The molecule has 1 aromatic heterocycles. The first-order valence-electron chi connectivity index (χ1n) is 12.0. The molecule has 6 nitrogen and oxygen atoms in total. The Morgan fingerprint density at radius 1 is 0.972 bits per heavy atom. The molecule has 7 heteroatoms. The van der Waals surface area contributed by atoms with Crippen LogP contribution < -0.4 is 10.9 Å². The van der Waals surface area contributed by atoms with Crippen LogP contribution in [0.25, 0.3) is 22.5 Å². The van der Waals surface area contributed by atoms with Crippen LogP contribution in [0.3, 0.4) is 0 Å². The van der Waals surface area contributed by atoms with Crippen LogP contribution in [0, 0.1) is 5.82 Å². The first-order valence-corrected chi connectivity index (χ1v) is 12.0. The Kier molecular flexibility index (Phi) is 8.24. The van der Waals surface area contributed by atoms with Gasteiger partial charge in [0.05, 0.1) is 12.8 Å². The van der Waals surface area contributed by atoms with E-state index in [2.05, 4.69) is 10.3 Å². The number of hydrogen-bond donors (Lipinski definition) is 1. The Morgan fingerprint density at radius 3 is 2.42 bits per heavy atom. The summed E-state index contributed by atoms with van der Waals surface area (Å²) in [5, 5.41) is 3.12. The van der Waals surface area contributed by atoms with E-state index >= 15 is 0 Å². The van der Waals surface area contributed by atoms with E-state index in [9.17, 15) is 14.0 Å². The van der Waals surface area contributed by atoms with E-state index in [0.717, 1.165) is 29.5 Å². The van der Waals surface area contributed by atoms with Gasteiger partial charge in [0.25, 0.3) is 5.56 Å². The molecule has 4 aromatic rings. The molecular weight excluding hydrogens is 457 g/mol. The van der Waals surface area contributed by atoms with E-state index in [1.807, 2.05) is 61.5 Å². The number of hydrogen-bond acceptors (Lipinski definition) is 5. The molecule has 0 amide bonds. The third kappa shape index (κ3) is 6.05. The van der Waals surface area contributed by atoms with Crippen LogP contribution in [-0.4, -0.2) is 22.1 Å². The van der Waals surface area contributed by atoms with Crippen molar-refractivity contribution < 1.29 is 13.9 Å². The Balaban J connectivity index is 1.54. The van der Waals surface area contributed by atoms with Gasteiger partial charge >= 0.3 is 5.97 Å². The van der Waals surface area contributed by atoms with Gasteiger partial charge in [0.1, 0.15) is 23.9 Å². The lowest BCUT2D eigenvalue weighted by Gasteiger charge is -2.14. The highest BCUT2D eigenvalue weighted by molar-refractivity contribution is 5.71. The van der Waals surface area contributed by atoms with E-state index in [0.29, 0.717) is 24.5 Å². The molecule has 1 heterocycles. The van der Waals surface area contributed by atoms with E-state index in [-0.39, 0.29) is 23.6 Å². The molecule has 4 rings (SSSR count). The number of nitrogens with one attached hydrogen (secondary N) is 1. The number of nitrogens with zero attached hydrogens (tertiary/aromatic N) is 2. The number of halogens is 1. The Hall–Kier alpha value is -4.26. The van der Waals surface area contributed by atoms with Crippen LogP contribution in [0.15, 0.2) is 89.9 Å². The fourth-order valence-corrected chi connectivity index (χ4v) is 3.78. The van der Waals surface area contributed by atoms with Crippen molar-refractivity contribution in [2.75, 3.05) is 11.9 Å². The van der Waals surface area contributed by atoms with Gasteiger partial charge in [-0.3, -0.25) is 14.2 Å². The first kappa shape index (κ1) is 24.9. The average Bonchev–Trinajstić information content (AvgIpc) is 2.90. The first-order chi connectivity index (χ1) is 17.6. The molecule has 0 aliphatic carbocycles. The largest absolute Gasteiger partial charge is 0.464 e. The summed E-state index contributed by atoms with van der Waals surface area (Å²) < 4.78 is 20.7. The number of benzene rings is 3. The SMILES string of the molecule is CCCCOC(=O)Cn1c(-c2ccccc2)ncc(NCc2ccc(-c3ccccc3F)cc2)c1=O. The number of unbranched alkanes of at least 4 members (excludes halogenated alkanes) is 1. The third-order valence-corrected chi connectivity index (χ3v) is 5.75. The molecule has 36 heavy (non-hydrogen) atoms. The second-order valence-corrected chi connectivity index (χ2v) is 8.36. The fraction of sp³-hybridized carbons (Fsp3) is 0.207. The Labute approximate surface area is 209 Å². The van der Waals surface area contributed by atoms with Crippen molar-refractivity contribution in [2.45, 2.75) is 32.9 Å². The zero-order valence-electron chi connectivity index (χ0n) is 20.1. The quantitative estimate of drug-likeness (QED) is 0.231. The lowest BCUT2D eigenvalue weighted by molar-refractivity contribution is -0.144. The molecule has 1 N–H and O–H groups in total. The lowest BCUT2D eigenvalue weighted by atomic mass is 10.0. The third-order valence-electron chi connectivity index (χ3n) is 5.75. The number of rotatable bonds is 10. The predicted molar refractivity (Wildman–Crippen MR) is 139 cm³/mol. The number of ether oxygens (including phenoxy) is 1. The molecule has 0 radical (unpaired) electrons. The molecule has 0 unspecified atom stereocenters. The number of carbonyl (C=O) groups excluding carboxylic acids is 1. The van der Waals surface area contributed by atoms with Gasteiger partial charge in [-0.05, 0) is 23.6 Å². The van der Waals surface area contributed by atoms with E-state index in [4.69, 9.17) is 4.74 Å². The van der Waals surface area contributed by atoms with Crippen LogP contribution >= 0.6 is 0 Å². The minimum Gasteiger partial charge on any atom is -0.464 e. The zero-order valence-corrected chi connectivity index (χ0v) is 20.1. The Bertz CT molecular complexity index is 1370. The highest BCUT2D eigenvalue weighted by atomic mass is 19.1. The van der Waals surface area contributed by atoms with Crippen LogP contribution in [0.4, 0.5) is 10.1 Å². The van der Waals surface area contributed by atoms with Crippen molar-refractivity contribution in [3.63, 3.8) is 0 Å². The summed E-state index contributed by atoms with van der Waals surface area (Å²) in [7, 11) is 0. The Morgan fingerprint density at radius 2 is 1.69 bits per heavy atom. The van der Waals surface area contributed by atoms with Gasteiger partial charge in [0, 0.05) is 17.7 Å². The van der Waals surface area contributed by atoms with E-state index in [1.165, 1.54) is 16.8 Å². The van der Waals surface area contributed by atoms with Gasteiger partial charge in [-0.2, -0.15) is 0 Å². The molecular formula is C29H28FN3O3. The molecule has 0 spiro atoms. The van der Waals surface area contributed by atoms with Crippen molar-refractivity contribution >= 4 is 11.7 Å². The summed E-state index contributed by atoms with van der Waals surface area (Å²) in [5.74, 6) is -0.361. The highest BCUT2D eigenvalue weighted by Crippen LogP contribution is 2.23. The molecule has 0 atom stereocenters. The molecule has 0 saturated carbocycles. The van der Waals surface area contributed by atoms with Crippen LogP contribution in [-0.2, 0) is 22.6 Å². The summed E-state index contributed by atoms with van der Waals surface area (Å²) in [5.41, 5.74) is 2.85. The smallest absolute Gasteiger partial charge is 0.326 e. The standard InChI is InChI=1S/C29H28FN3O3/c1-2-3-17-36-27(34)20-33-28(23-9-5-4-6-10-23)32-19-26(29(33)35)31-18-21-13-15-22(16-14-21)24-11-7-8-12-25(24)30/h4-16,19,31H,2-3,17-18,20H2,1H3. The minimum atomic E-state index is -0.481. The lowest BCUT2D eigenvalue weighted by Crippen LogP contribution is -2.29. The van der Waals surface area contributed by atoms with Gasteiger partial charge in [-0.25, -0.2) is 9.37 Å². The summed E-state index contributed by atoms with van der Waals surface area (Å²) in [6.45, 7) is 2.46. The van der Waals surface area contributed by atoms with Crippen molar-refractivity contribution in [3.05, 3.63) is 107 Å². The molecule has 0 aliphatic rings. The molecule has 0 bridgehead atoms. The van der Waals surface area contributed by atoms with Crippen LogP contribution in [0.2, 0.25) is 0 Å². The maximum atomic E-state index is 14.1. The van der Waals surface area contributed by atoms with E-state index < -0.39 is 5.97 Å². The monoisotopic (exact) mass is 485 g/mol. The van der Waals surface area contributed by atoms with Gasteiger partial charge in [0.2, 0.25) is 0 Å². The highest BCUT2D eigenvalue weighted by Gasteiger charge is 2.16. The number of esters is 1. The molecule has 184 valence electrons. The van der Waals surface area contributed by atoms with Crippen LogP contribution in [0.5, 0.6) is 0 Å². The summed E-state index contributed by atoms with van der Waals surface area (Å²) in [6.07, 6.45) is 3.16. The van der Waals surface area contributed by atoms with E-state index in [1.54, 1.807) is 18.2 Å². The van der Waals surface area contributed by atoms with Crippen molar-refractivity contribution in [2.24, 2.45) is 0 Å². The molecule has 0 aliphatic heterocycles. The molecule has 0 saturated heterocycles. The number of carbonyl (C=O) groups is 1. The number of anilines is 1.